The van der Waals surface area contributed by atoms with Gasteiger partial charge < -0.3 is 19.8 Å². The number of benzene rings is 1. The number of rotatable bonds is 2. The molecule has 1 heterocycles. The fourth-order valence-electron chi connectivity index (χ4n) is 2.42. The summed E-state index contributed by atoms with van der Waals surface area (Å²) >= 11 is 0. The zero-order chi connectivity index (χ0) is 14.0. The van der Waals surface area contributed by atoms with Crippen molar-refractivity contribution in [2.75, 3.05) is 20.2 Å². The molecular weight excluding hydrogens is 246 g/mol. The Bertz CT molecular complexity index is 484. The van der Waals surface area contributed by atoms with E-state index < -0.39 is 5.60 Å². The van der Waals surface area contributed by atoms with Crippen molar-refractivity contribution in [1.82, 2.24) is 4.90 Å². The molecule has 1 atom stereocenters. The third-order valence-electron chi connectivity index (χ3n) is 3.41. The predicted molar refractivity (Wildman–Crippen MR) is 70.4 cm³/mol. The average molecular weight is 265 g/mol. The van der Waals surface area contributed by atoms with Crippen LogP contribution in [-0.2, 0) is 0 Å². The van der Waals surface area contributed by atoms with Gasteiger partial charge in [0.25, 0.3) is 5.91 Å². The predicted octanol–water partition coefficient (Wildman–Crippen LogP) is 1.39. The van der Waals surface area contributed by atoms with Gasteiger partial charge in [-0.3, -0.25) is 4.79 Å². The molecule has 1 aliphatic heterocycles. The number of hydrogen-bond acceptors (Lipinski definition) is 4. The summed E-state index contributed by atoms with van der Waals surface area (Å²) in [5.41, 5.74) is -0.653. The van der Waals surface area contributed by atoms with Crippen LogP contribution < -0.4 is 4.74 Å². The lowest BCUT2D eigenvalue weighted by atomic mass is 9.94. The molecule has 1 fully saturated rings. The Hall–Kier alpha value is -1.75. The van der Waals surface area contributed by atoms with Crippen LogP contribution in [0, 0.1) is 0 Å². The monoisotopic (exact) mass is 265 g/mol. The van der Waals surface area contributed by atoms with Crippen LogP contribution >= 0.6 is 0 Å². The molecule has 104 valence electrons. The zero-order valence-corrected chi connectivity index (χ0v) is 11.2. The van der Waals surface area contributed by atoms with Gasteiger partial charge in [-0.1, -0.05) is 6.07 Å². The van der Waals surface area contributed by atoms with E-state index in [9.17, 15) is 15.0 Å². The lowest BCUT2D eigenvalue weighted by molar-refractivity contribution is -0.0108. The fraction of sp³-hybridized carbons (Fsp3) is 0.500. The molecule has 0 aliphatic carbocycles. The molecule has 19 heavy (non-hydrogen) atoms. The number of aromatic hydroxyl groups is 1. The molecule has 1 amide bonds. The second-order valence-electron chi connectivity index (χ2n) is 5.18. The number of ether oxygens (including phenoxy) is 1. The highest BCUT2D eigenvalue weighted by molar-refractivity contribution is 5.97. The minimum atomic E-state index is -0.859. The highest BCUT2D eigenvalue weighted by atomic mass is 16.5. The number of piperidine rings is 1. The molecule has 0 aromatic heterocycles. The summed E-state index contributed by atoms with van der Waals surface area (Å²) in [6, 6.07) is 4.82. The Labute approximate surface area is 112 Å². The van der Waals surface area contributed by atoms with Crippen LogP contribution in [0.15, 0.2) is 18.2 Å². The Balaban J connectivity index is 2.25. The van der Waals surface area contributed by atoms with Crippen molar-refractivity contribution in [2.24, 2.45) is 0 Å². The lowest BCUT2D eigenvalue weighted by Gasteiger charge is -2.36. The summed E-state index contributed by atoms with van der Waals surface area (Å²) in [7, 11) is 1.44. The van der Waals surface area contributed by atoms with Gasteiger partial charge in [0, 0.05) is 13.1 Å². The molecule has 1 aromatic carbocycles. The lowest BCUT2D eigenvalue weighted by Crippen LogP contribution is -2.48. The molecule has 1 aromatic rings. The van der Waals surface area contributed by atoms with Crippen LogP contribution in [0.3, 0.4) is 0 Å². The number of carbonyl (C=O) groups excluding carboxylic acids is 1. The summed E-state index contributed by atoms with van der Waals surface area (Å²) in [6.45, 7) is 2.59. The van der Waals surface area contributed by atoms with Crippen molar-refractivity contribution in [3.63, 3.8) is 0 Å². The average Bonchev–Trinajstić information content (AvgIpc) is 2.37. The first kappa shape index (κ1) is 13.7. The summed E-state index contributed by atoms with van der Waals surface area (Å²) in [5.74, 6) is -0.161. The Morgan fingerprint density at radius 1 is 1.47 bits per heavy atom. The summed E-state index contributed by atoms with van der Waals surface area (Å²) in [4.78, 5) is 13.9. The van der Waals surface area contributed by atoms with Gasteiger partial charge in [-0.15, -0.1) is 0 Å². The molecule has 5 heteroatoms. The van der Waals surface area contributed by atoms with Gasteiger partial charge in [0.05, 0.1) is 18.3 Å². The number of amides is 1. The minimum Gasteiger partial charge on any atom is -0.504 e. The Morgan fingerprint density at radius 2 is 2.21 bits per heavy atom. The number of β-amino-alcohol motifs (C(OH)–C–C–N with tert-alkyl or cyclic N) is 1. The summed E-state index contributed by atoms with van der Waals surface area (Å²) in [6.07, 6.45) is 1.43. The molecule has 5 nitrogen and oxygen atoms in total. The first-order valence-corrected chi connectivity index (χ1v) is 6.32. The second kappa shape index (κ2) is 5.09. The minimum absolute atomic E-state index is 0.153. The largest absolute Gasteiger partial charge is 0.504 e. The molecule has 0 saturated carbocycles. The van der Waals surface area contributed by atoms with Crippen molar-refractivity contribution < 1.29 is 19.7 Å². The third kappa shape index (κ3) is 2.81. The maximum absolute atomic E-state index is 12.4. The molecule has 2 rings (SSSR count). The highest BCUT2D eigenvalue weighted by Crippen LogP contribution is 2.31. The number of para-hydroxylation sites is 1. The van der Waals surface area contributed by atoms with Gasteiger partial charge in [-0.25, -0.2) is 0 Å². The number of aliphatic hydroxyl groups is 1. The van der Waals surface area contributed by atoms with E-state index in [2.05, 4.69) is 0 Å². The maximum atomic E-state index is 12.4. The molecule has 0 radical (unpaired) electrons. The van der Waals surface area contributed by atoms with Crippen molar-refractivity contribution in [3.8, 4) is 11.5 Å². The number of nitrogens with zero attached hydrogens (tertiary/aromatic N) is 1. The molecule has 1 saturated heterocycles. The van der Waals surface area contributed by atoms with Gasteiger partial charge in [0.1, 0.15) is 0 Å². The smallest absolute Gasteiger partial charge is 0.257 e. The van der Waals surface area contributed by atoms with Crippen LogP contribution in [0.4, 0.5) is 0 Å². The van der Waals surface area contributed by atoms with E-state index in [1.54, 1.807) is 30.0 Å². The fourth-order valence-corrected chi connectivity index (χ4v) is 2.42. The standard InChI is InChI=1S/C14H19NO4/c1-14(18)7-4-8-15(9-14)13(17)10-5-3-6-11(19-2)12(10)16/h3,5-6,16,18H,4,7-9H2,1-2H3. The summed E-state index contributed by atoms with van der Waals surface area (Å²) in [5, 5.41) is 20.0. The highest BCUT2D eigenvalue weighted by Gasteiger charge is 2.32. The van der Waals surface area contributed by atoms with Crippen molar-refractivity contribution in [2.45, 2.75) is 25.4 Å². The van der Waals surface area contributed by atoms with Crippen LogP contribution in [0.5, 0.6) is 11.5 Å². The van der Waals surface area contributed by atoms with E-state index in [1.165, 1.54) is 7.11 Å². The molecular formula is C14H19NO4. The van der Waals surface area contributed by atoms with Crippen LogP contribution in [0.25, 0.3) is 0 Å². The molecule has 0 spiro atoms. The van der Waals surface area contributed by atoms with E-state index in [0.717, 1.165) is 6.42 Å². The third-order valence-corrected chi connectivity index (χ3v) is 3.41. The Kier molecular flexibility index (Phi) is 3.66. The summed E-state index contributed by atoms with van der Waals surface area (Å²) < 4.78 is 4.99. The van der Waals surface area contributed by atoms with Crippen molar-refractivity contribution >= 4 is 5.91 Å². The first-order valence-electron chi connectivity index (χ1n) is 6.32. The number of hydrogen-bond donors (Lipinski definition) is 2. The van der Waals surface area contributed by atoms with E-state index in [4.69, 9.17) is 4.74 Å². The van der Waals surface area contributed by atoms with Gasteiger partial charge in [0.15, 0.2) is 11.5 Å². The number of carbonyl (C=O) groups is 1. The van der Waals surface area contributed by atoms with Gasteiger partial charge >= 0.3 is 0 Å². The van der Waals surface area contributed by atoms with Crippen molar-refractivity contribution in [3.05, 3.63) is 23.8 Å². The van der Waals surface area contributed by atoms with Crippen LogP contribution in [0.1, 0.15) is 30.1 Å². The molecule has 1 unspecified atom stereocenters. The normalized spacial score (nSPS) is 23.2. The molecule has 2 N–H and O–H groups in total. The number of likely N-dealkylation sites (tertiary alicyclic amines) is 1. The van der Waals surface area contributed by atoms with E-state index in [1.807, 2.05) is 0 Å². The second-order valence-corrected chi connectivity index (χ2v) is 5.18. The quantitative estimate of drug-likeness (QED) is 0.847. The number of phenolic OH excluding ortho intramolecular Hbond substituents is 1. The first-order chi connectivity index (χ1) is 8.94. The van der Waals surface area contributed by atoms with E-state index in [-0.39, 0.29) is 29.5 Å². The number of methoxy groups -OCH3 is 1. The topological polar surface area (TPSA) is 70.0 Å². The van der Waals surface area contributed by atoms with E-state index >= 15 is 0 Å². The maximum Gasteiger partial charge on any atom is 0.257 e. The van der Waals surface area contributed by atoms with Gasteiger partial charge in [-0.2, -0.15) is 0 Å². The zero-order valence-electron chi connectivity index (χ0n) is 11.2. The number of phenols is 1. The van der Waals surface area contributed by atoms with Crippen LogP contribution in [0.2, 0.25) is 0 Å². The van der Waals surface area contributed by atoms with Crippen LogP contribution in [-0.4, -0.2) is 46.8 Å². The Morgan fingerprint density at radius 3 is 2.84 bits per heavy atom. The molecule has 1 aliphatic rings. The van der Waals surface area contributed by atoms with Gasteiger partial charge in [0.2, 0.25) is 0 Å². The SMILES string of the molecule is COc1cccc(C(=O)N2CCCC(C)(O)C2)c1O. The molecule has 0 bridgehead atoms. The van der Waals surface area contributed by atoms with Crippen molar-refractivity contribution in [1.29, 1.82) is 0 Å². The van der Waals surface area contributed by atoms with Gasteiger partial charge in [-0.05, 0) is 31.9 Å². The van der Waals surface area contributed by atoms with E-state index in [0.29, 0.717) is 13.0 Å².